The lowest BCUT2D eigenvalue weighted by Crippen LogP contribution is -2.40. The van der Waals surface area contributed by atoms with Crippen LogP contribution in [0.3, 0.4) is 0 Å². The molecule has 1 aromatic rings. The summed E-state index contributed by atoms with van der Waals surface area (Å²) in [6, 6.07) is 4.19. The van der Waals surface area contributed by atoms with Crippen LogP contribution in [0.4, 0.5) is 14.5 Å². The van der Waals surface area contributed by atoms with Gasteiger partial charge in [-0.15, -0.1) is 0 Å². The first-order valence-electron chi connectivity index (χ1n) is 6.59. The highest BCUT2D eigenvalue weighted by atomic mass is 32.2. The van der Waals surface area contributed by atoms with Gasteiger partial charge in [-0.2, -0.15) is 8.78 Å². The summed E-state index contributed by atoms with van der Waals surface area (Å²) in [5.74, 6) is -4.18. The fourth-order valence-electron chi connectivity index (χ4n) is 1.91. The minimum atomic E-state index is -6.23. The largest absolute Gasteiger partial charge is 0.743 e. The number of benzene rings is 1. The van der Waals surface area contributed by atoms with Crippen molar-refractivity contribution >= 4 is 33.6 Å². The molecule has 0 spiro atoms. The Hall–Kier alpha value is -2.66. The summed E-state index contributed by atoms with van der Waals surface area (Å²) in [6.45, 7) is 2.94. The third-order valence-corrected chi connectivity index (χ3v) is 4.26. The van der Waals surface area contributed by atoms with Gasteiger partial charge in [-0.25, -0.2) is 18.1 Å². The average molecular weight is 374 g/mol. The number of hydrogen-bond acceptors (Lipinski definition) is 7. The van der Waals surface area contributed by atoms with Gasteiger partial charge in [-0.1, -0.05) is 0 Å². The van der Waals surface area contributed by atoms with Crippen molar-refractivity contribution in [1.82, 2.24) is 0 Å². The van der Waals surface area contributed by atoms with Gasteiger partial charge < -0.3 is 9.29 Å². The SMILES string of the molecule is CC1=C(C)C(=O)N(c2ccc(OC(=O)C(F)(F)S(=O)(=O)[O-])cc2)C1=O. The van der Waals surface area contributed by atoms with Crippen molar-refractivity contribution in [3.63, 3.8) is 0 Å². The second kappa shape index (κ2) is 6.01. The first kappa shape index (κ1) is 18.7. The molecule has 0 radical (unpaired) electrons. The molecule has 1 aliphatic rings. The van der Waals surface area contributed by atoms with Crippen molar-refractivity contribution in [3.8, 4) is 5.75 Å². The van der Waals surface area contributed by atoms with Gasteiger partial charge in [0.05, 0.1) is 5.69 Å². The molecule has 8 nitrogen and oxygen atoms in total. The maximum Gasteiger partial charge on any atom is 0.429 e. The van der Waals surface area contributed by atoms with Gasteiger partial charge >= 0.3 is 11.2 Å². The summed E-state index contributed by atoms with van der Waals surface area (Å²) >= 11 is 0. The van der Waals surface area contributed by atoms with Crippen LogP contribution in [0.2, 0.25) is 0 Å². The zero-order valence-electron chi connectivity index (χ0n) is 12.8. The summed E-state index contributed by atoms with van der Waals surface area (Å²) in [6.07, 6.45) is 0. The molecule has 2 rings (SSSR count). The van der Waals surface area contributed by atoms with Crippen LogP contribution in [0.1, 0.15) is 13.8 Å². The van der Waals surface area contributed by atoms with E-state index in [4.69, 9.17) is 0 Å². The van der Waals surface area contributed by atoms with Gasteiger partial charge in [0.15, 0.2) is 10.1 Å². The molecule has 1 heterocycles. The number of halogens is 2. The van der Waals surface area contributed by atoms with Crippen LogP contribution in [0, 0.1) is 0 Å². The van der Waals surface area contributed by atoms with Crippen molar-refractivity contribution in [2.75, 3.05) is 4.90 Å². The standard InChI is InChI=1S/C14H11F2NO7S/c1-7-8(2)12(19)17(11(7)18)9-3-5-10(6-4-9)24-13(20)14(15,16)25(21,22)23/h3-6H,1-2H3,(H,21,22,23)/p-1. The molecule has 0 fully saturated rings. The van der Waals surface area contributed by atoms with E-state index < -0.39 is 38.9 Å². The topological polar surface area (TPSA) is 121 Å². The molecule has 0 unspecified atom stereocenters. The first-order chi connectivity index (χ1) is 11.4. The second-order valence-electron chi connectivity index (χ2n) is 5.05. The molecule has 11 heteroatoms. The van der Waals surface area contributed by atoms with E-state index >= 15 is 0 Å². The van der Waals surface area contributed by atoms with Crippen LogP contribution in [-0.2, 0) is 24.5 Å². The highest BCUT2D eigenvalue weighted by molar-refractivity contribution is 7.87. The summed E-state index contributed by atoms with van der Waals surface area (Å²) < 4.78 is 61.3. The quantitative estimate of drug-likeness (QED) is 0.333. The lowest BCUT2D eigenvalue weighted by atomic mass is 10.2. The fourth-order valence-corrected chi connectivity index (χ4v) is 2.16. The summed E-state index contributed by atoms with van der Waals surface area (Å²) in [5.41, 5.74) is 0.593. The molecular weight excluding hydrogens is 364 g/mol. The lowest BCUT2D eigenvalue weighted by Gasteiger charge is -2.18. The van der Waals surface area contributed by atoms with E-state index in [9.17, 15) is 36.1 Å². The van der Waals surface area contributed by atoms with E-state index in [2.05, 4.69) is 4.74 Å². The van der Waals surface area contributed by atoms with Gasteiger partial charge in [0.1, 0.15) is 5.75 Å². The van der Waals surface area contributed by atoms with Crippen molar-refractivity contribution in [1.29, 1.82) is 0 Å². The number of ether oxygens (including phenoxy) is 1. The zero-order chi connectivity index (χ0) is 19.2. The molecule has 1 aliphatic heterocycles. The Morgan fingerprint density at radius 1 is 1.08 bits per heavy atom. The maximum absolute atomic E-state index is 13.0. The summed E-state index contributed by atoms with van der Waals surface area (Å²) in [4.78, 5) is 36.0. The minimum absolute atomic E-state index is 0.0919. The maximum atomic E-state index is 13.0. The van der Waals surface area contributed by atoms with E-state index in [-0.39, 0.29) is 16.8 Å². The highest BCUT2D eigenvalue weighted by Crippen LogP contribution is 2.29. The van der Waals surface area contributed by atoms with Crippen LogP contribution in [0.15, 0.2) is 35.4 Å². The number of carbonyl (C=O) groups excluding carboxylic acids is 3. The molecule has 25 heavy (non-hydrogen) atoms. The number of nitrogens with zero attached hydrogens (tertiary/aromatic N) is 1. The molecule has 0 saturated heterocycles. The first-order valence-corrected chi connectivity index (χ1v) is 8.00. The van der Waals surface area contributed by atoms with Gasteiger partial charge in [0.2, 0.25) is 0 Å². The van der Waals surface area contributed by atoms with Crippen molar-refractivity contribution in [3.05, 3.63) is 35.4 Å². The molecular formula is C14H10F2NO7S-. The van der Waals surface area contributed by atoms with Crippen molar-refractivity contribution in [2.45, 2.75) is 19.1 Å². The van der Waals surface area contributed by atoms with E-state index in [1.807, 2.05) is 0 Å². The molecule has 2 amide bonds. The van der Waals surface area contributed by atoms with E-state index in [1.54, 1.807) is 0 Å². The monoisotopic (exact) mass is 374 g/mol. The Labute approximate surface area is 140 Å². The lowest BCUT2D eigenvalue weighted by molar-refractivity contribution is -0.151. The number of amides is 2. The van der Waals surface area contributed by atoms with Gasteiger partial charge in [0, 0.05) is 11.1 Å². The van der Waals surface area contributed by atoms with Crippen LogP contribution in [-0.4, -0.2) is 36.0 Å². The predicted octanol–water partition coefficient (Wildman–Crippen LogP) is 0.940. The van der Waals surface area contributed by atoms with Gasteiger partial charge in [-0.05, 0) is 38.1 Å². The number of carbonyl (C=O) groups is 3. The smallest absolute Gasteiger partial charge is 0.429 e. The predicted molar refractivity (Wildman–Crippen MR) is 77.6 cm³/mol. The molecule has 0 aliphatic carbocycles. The Kier molecular flexibility index (Phi) is 4.49. The summed E-state index contributed by atoms with van der Waals surface area (Å²) in [7, 11) is -6.23. The number of anilines is 1. The second-order valence-corrected chi connectivity index (χ2v) is 6.47. The zero-order valence-corrected chi connectivity index (χ0v) is 13.6. The number of rotatable bonds is 4. The van der Waals surface area contributed by atoms with Crippen LogP contribution < -0.4 is 9.64 Å². The molecule has 0 bridgehead atoms. The minimum Gasteiger partial charge on any atom is -0.743 e. The number of hydrogen-bond donors (Lipinski definition) is 0. The van der Waals surface area contributed by atoms with E-state index in [0.717, 1.165) is 29.2 Å². The van der Waals surface area contributed by atoms with Crippen molar-refractivity contribution in [2.24, 2.45) is 0 Å². The third kappa shape index (κ3) is 3.15. The molecule has 0 saturated carbocycles. The van der Waals surface area contributed by atoms with Crippen LogP contribution >= 0.6 is 0 Å². The number of imide groups is 1. The third-order valence-electron chi connectivity index (χ3n) is 3.47. The molecule has 0 N–H and O–H groups in total. The molecule has 134 valence electrons. The average Bonchev–Trinajstić information content (AvgIpc) is 2.71. The Balaban J connectivity index is 2.21. The molecule has 0 atom stereocenters. The van der Waals surface area contributed by atoms with Crippen LogP contribution in [0.25, 0.3) is 0 Å². The van der Waals surface area contributed by atoms with Crippen LogP contribution in [0.5, 0.6) is 5.75 Å². The fraction of sp³-hybridized carbons (Fsp3) is 0.214. The molecule has 0 aromatic heterocycles. The molecule has 1 aromatic carbocycles. The number of alkyl halides is 2. The highest BCUT2D eigenvalue weighted by Gasteiger charge is 2.48. The van der Waals surface area contributed by atoms with E-state index in [1.165, 1.54) is 13.8 Å². The van der Waals surface area contributed by atoms with Gasteiger partial charge in [0.25, 0.3) is 11.8 Å². The van der Waals surface area contributed by atoms with E-state index in [0.29, 0.717) is 0 Å². The Morgan fingerprint density at radius 3 is 1.92 bits per heavy atom. The normalized spacial score (nSPS) is 15.8. The Morgan fingerprint density at radius 2 is 1.52 bits per heavy atom. The number of esters is 1. The van der Waals surface area contributed by atoms with Crippen molar-refractivity contribution < 1.29 is 40.9 Å². The Bertz CT molecular complexity index is 880. The summed E-state index contributed by atoms with van der Waals surface area (Å²) in [5, 5.41) is -5.25. The van der Waals surface area contributed by atoms with Gasteiger partial charge in [-0.3, -0.25) is 9.59 Å².